The minimum Gasteiger partial charge on any atom is -0.396 e. The second-order valence-electron chi connectivity index (χ2n) is 8.78. The highest BCUT2D eigenvalue weighted by molar-refractivity contribution is 5.85. The standard InChI is InChI=1S/C28H50O4/c1-2-3-4-5-6-7-8-9-10-11-12-13-15-18-21-24-27(30)32-28(31)25-22-19-16-14-17-20-23-26-29/h6-7,9-10,29H,2-5,8,11-26H2,1H3/b7-6-,10-9-. The molecule has 0 amide bonds. The van der Waals surface area contributed by atoms with Crippen LogP contribution in [0.5, 0.6) is 0 Å². The summed E-state index contributed by atoms with van der Waals surface area (Å²) in [7, 11) is 0. The molecule has 0 spiro atoms. The highest BCUT2D eigenvalue weighted by Crippen LogP contribution is 2.11. The van der Waals surface area contributed by atoms with Gasteiger partial charge in [0.15, 0.2) is 0 Å². The Labute approximate surface area is 197 Å². The molecule has 0 aromatic heterocycles. The van der Waals surface area contributed by atoms with Crippen LogP contribution in [0.4, 0.5) is 0 Å². The van der Waals surface area contributed by atoms with E-state index in [1.54, 1.807) is 0 Å². The molecule has 0 aromatic carbocycles. The van der Waals surface area contributed by atoms with Gasteiger partial charge in [0.1, 0.15) is 0 Å². The number of unbranched alkanes of at least 4 members (excludes halogenated alkanes) is 14. The molecule has 0 unspecified atom stereocenters. The van der Waals surface area contributed by atoms with E-state index < -0.39 is 0 Å². The maximum atomic E-state index is 11.7. The van der Waals surface area contributed by atoms with Crippen molar-refractivity contribution in [3.05, 3.63) is 24.3 Å². The van der Waals surface area contributed by atoms with Crippen LogP contribution in [-0.4, -0.2) is 23.7 Å². The monoisotopic (exact) mass is 450 g/mol. The van der Waals surface area contributed by atoms with Gasteiger partial charge in [-0.3, -0.25) is 9.59 Å². The Hall–Kier alpha value is -1.42. The molecule has 0 saturated heterocycles. The fourth-order valence-corrected chi connectivity index (χ4v) is 3.57. The Morgan fingerprint density at radius 1 is 0.594 bits per heavy atom. The first-order valence-electron chi connectivity index (χ1n) is 13.3. The van der Waals surface area contributed by atoms with Crippen LogP contribution in [0.25, 0.3) is 0 Å². The number of carbonyl (C=O) groups is 2. The smallest absolute Gasteiger partial charge is 0.313 e. The average Bonchev–Trinajstić information content (AvgIpc) is 2.78. The maximum absolute atomic E-state index is 11.7. The second kappa shape index (κ2) is 25.8. The largest absolute Gasteiger partial charge is 0.396 e. The molecule has 0 aliphatic carbocycles. The summed E-state index contributed by atoms with van der Waals surface area (Å²) in [5.41, 5.74) is 0. The van der Waals surface area contributed by atoms with Crippen LogP contribution < -0.4 is 0 Å². The van der Waals surface area contributed by atoms with Gasteiger partial charge < -0.3 is 9.84 Å². The molecule has 32 heavy (non-hydrogen) atoms. The van der Waals surface area contributed by atoms with E-state index in [9.17, 15) is 9.59 Å². The number of carbonyl (C=O) groups excluding carboxylic acids is 2. The summed E-state index contributed by atoms with van der Waals surface area (Å²) in [5, 5.41) is 8.72. The molecular formula is C28H50O4. The van der Waals surface area contributed by atoms with E-state index in [0.717, 1.165) is 77.0 Å². The third-order valence-corrected chi connectivity index (χ3v) is 5.60. The zero-order valence-electron chi connectivity index (χ0n) is 20.8. The summed E-state index contributed by atoms with van der Waals surface area (Å²) >= 11 is 0. The van der Waals surface area contributed by atoms with Gasteiger partial charge in [-0.05, 0) is 51.4 Å². The van der Waals surface area contributed by atoms with Gasteiger partial charge >= 0.3 is 11.9 Å². The van der Waals surface area contributed by atoms with Gasteiger partial charge in [0, 0.05) is 19.4 Å². The van der Waals surface area contributed by atoms with Gasteiger partial charge in [-0.15, -0.1) is 0 Å². The molecular weight excluding hydrogens is 400 g/mol. The molecule has 0 rings (SSSR count). The molecule has 4 nitrogen and oxygen atoms in total. The van der Waals surface area contributed by atoms with Crippen LogP contribution in [0, 0.1) is 0 Å². The number of aliphatic hydroxyl groups excluding tert-OH is 1. The van der Waals surface area contributed by atoms with Gasteiger partial charge in [0.25, 0.3) is 0 Å². The quantitative estimate of drug-likeness (QED) is 0.0741. The van der Waals surface area contributed by atoms with Crippen LogP contribution in [-0.2, 0) is 14.3 Å². The molecule has 0 saturated carbocycles. The van der Waals surface area contributed by atoms with Crippen LogP contribution in [0.1, 0.15) is 135 Å². The van der Waals surface area contributed by atoms with E-state index in [1.807, 2.05) is 0 Å². The Bertz CT molecular complexity index is 482. The summed E-state index contributed by atoms with van der Waals surface area (Å²) in [5.74, 6) is -0.748. The Kier molecular flexibility index (Phi) is 24.7. The van der Waals surface area contributed by atoms with Crippen molar-refractivity contribution in [3.63, 3.8) is 0 Å². The predicted octanol–water partition coefficient (Wildman–Crippen LogP) is 7.98. The van der Waals surface area contributed by atoms with Crippen molar-refractivity contribution in [2.45, 2.75) is 135 Å². The number of hydrogen-bond donors (Lipinski definition) is 1. The highest BCUT2D eigenvalue weighted by atomic mass is 16.6. The Balaban J connectivity index is 3.39. The molecule has 0 fully saturated rings. The van der Waals surface area contributed by atoms with Crippen LogP contribution in [0.3, 0.4) is 0 Å². The van der Waals surface area contributed by atoms with E-state index in [4.69, 9.17) is 9.84 Å². The molecule has 0 aliphatic heterocycles. The van der Waals surface area contributed by atoms with Gasteiger partial charge in [-0.1, -0.05) is 95.4 Å². The Morgan fingerprint density at radius 3 is 1.53 bits per heavy atom. The third-order valence-electron chi connectivity index (χ3n) is 5.60. The maximum Gasteiger partial charge on any atom is 0.313 e. The minimum absolute atomic E-state index is 0.273. The summed E-state index contributed by atoms with van der Waals surface area (Å²) in [6.07, 6.45) is 29.5. The molecule has 0 aromatic rings. The van der Waals surface area contributed by atoms with Gasteiger partial charge in [0.2, 0.25) is 0 Å². The van der Waals surface area contributed by atoms with Crippen LogP contribution in [0.15, 0.2) is 24.3 Å². The molecule has 186 valence electrons. The molecule has 4 heteroatoms. The Morgan fingerprint density at radius 2 is 1.03 bits per heavy atom. The fraction of sp³-hybridized carbons (Fsp3) is 0.786. The topological polar surface area (TPSA) is 63.6 Å². The van der Waals surface area contributed by atoms with Crippen molar-refractivity contribution in [1.82, 2.24) is 0 Å². The van der Waals surface area contributed by atoms with E-state index in [0.29, 0.717) is 12.8 Å². The molecule has 0 bridgehead atoms. The lowest BCUT2D eigenvalue weighted by atomic mass is 10.1. The average molecular weight is 451 g/mol. The number of aliphatic hydroxyl groups is 1. The normalized spacial score (nSPS) is 11.6. The SMILES string of the molecule is CCCCC/C=C\C/C=C\CCCCCCCC(=O)OC(=O)CCCCCCCCCO. The first-order chi connectivity index (χ1) is 15.7. The number of rotatable bonds is 23. The van der Waals surface area contributed by atoms with Crippen molar-refractivity contribution >= 4 is 11.9 Å². The third kappa shape index (κ3) is 24.8. The molecule has 0 heterocycles. The summed E-state index contributed by atoms with van der Waals surface area (Å²) < 4.78 is 4.91. The zero-order valence-corrected chi connectivity index (χ0v) is 20.8. The fourth-order valence-electron chi connectivity index (χ4n) is 3.57. The lowest BCUT2D eigenvalue weighted by Crippen LogP contribution is -2.11. The minimum atomic E-state index is -0.377. The van der Waals surface area contributed by atoms with Gasteiger partial charge in [-0.2, -0.15) is 0 Å². The zero-order chi connectivity index (χ0) is 23.5. The number of ether oxygens (including phenoxy) is 1. The first-order valence-corrected chi connectivity index (χ1v) is 13.3. The summed E-state index contributed by atoms with van der Waals surface area (Å²) in [6.45, 7) is 2.51. The van der Waals surface area contributed by atoms with E-state index in [1.165, 1.54) is 38.5 Å². The van der Waals surface area contributed by atoms with E-state index in [2.05, 4.69) is 31.2 Å². The molecule has 0 atom stereocenters. The van der Waals surface area contributed by atoms with Crippen LogP contribution >= 0.6 is 0 Å². The van der Waals surface area contributed by atoms with Crippen LogP contribution in [0.2, 0.25) is 0 Å². The van der Waals surface area contributed by atoms with Crippen molar-refractivity contribution in [2.24, 2.45) is 0 Å². The number of hydrogen-bond acceptors (Lipinski definition) is 4. The van der Waals surface area contributed by atoms with E-state index in [-0.39, 0.29) is 18.5 Å². The van der Waals surface area contributed by atoms with Crippen molar-refractivity contribution in [2.75, 3.05) is 6.61 Å². The summed E-state index contributed by atoms with van der Waals surface area (Å²) in [4.78, 5) is 23.5. The second-order valence-corrected chi connectivity index (χ2v) is 8.78. The number of allylic oxidation sites excluding steroid dienone is 4. The molecule has 1 N–H and O–H groups in total. The predicted molar refractivity (Wildman–Crippen MR) is 134 cm³/mol. The number of esters is 2. The van der Waals surface area contributed by atoms with Crippen molar-refractivity contribution in [1.29, 1.82) is 0 Å². The van der Waals surface area contributed by atoms with Crippen molar-refractivity contribution < 1.29 is 19.4 Å². The van der Waals surface area contributed by atoms with Gasteiger partial charge in [0.05, 0.1) is 0 Å². The highest BCUT2D eigenvalue weighted by Gasteiger charge is 2.09. The van der Waals surface area contributed by atoms with Gasteiger partial charge in [-0.25, -0.2) is 0 Å². The lowest BCUT2D eigenvalue weighted by Gasteiger charge is -2.04. The van der Waals surface area contributed by atoms with Crippen molar-refractivity contribution in [3.8, 4) is 0 Å². The molecule has 0 aliphatic rings. The summed E-state index contributed by atoms with van der Waals surface area (Å²) in [6, 6.07) is 0. The lowest BCUT2D eigenvalue weighted by molar-refractivity contribution is -0.159. The molecule has 0 radical (unpaired) electrons. The van der Waals surface area contributed by atoms with E-state index >= 15 is 0 Å². The first kappa shape index (κ1) is 30.6.